The second-order valence-electron chi connectivity index (χ2n) is 5.75. The Balaban J connectivity index is 1.81. The molecule has 0 atom stereocenters. The Kier molecular flexibility index (Phi) is 6.80. The van der Waals surface area contributed by atoms with Gasteiger partial charge in [-0.1, -0.05) is 17.7 Å². The molecule has 1 aromatic rings. The van der Waals surface area contributed by atoms with Crippen LogP contribution in [-0.4, -0.2) is 44.5 Å². The fraction of sp³-hybridized carbons (Fsp3) is 0.562. The summed E-state index contributed by atoms with van der Waals surface area (Å²) in [6, 6.07) is 3.57. The minimum absolute atomic E-state index is 0.150. The largest absolute Gasteiger partial charge is 0.350 e. The minimum atomic E-state index is -3.26. The number of nitrogens with zero attached hydrogens (tertiary/aromatic N) is 1. The Morgan fingerprint density at radius 1 is 1.35 bits per heavy atom. The molecule has 23 heavy (non-hydrogen) atoms. The SMILES string of the molecule is CS(=O)(=O)N(CCNC(=O)c1cccs1)CCC1=CCCCC1. The van der Waals surface area contributed by atoms with Crippen LogP contribution in [0.25, 0.3) is 0 Å². The highest BCUT2D eigenvalue weighted by Crippen LogP contribution is 2.20. The van der Waals surface area contributed by atoms with Crippen molar-refractivity contribution in [2.45, 2.75) is 32.1 Å². The molecule has 0 radical (unpaired) electrons. The van der Waals surface area contributed by atoms with Gasteiger partial charge in [0.25, 0.3) is 5.91 Å². The topological polar surface area (TPSA) is 66.5 Å². The average molecular weight is 357 g/mol. The average Bonchev–Trinajstić information content (AvgIpc) is 3.04. The van der Waals surface area contributed by atoms with Crippen molar-refractivity contribution >= 4 is 27.3 Å². The van der Waals surface area contributed by atoms with Gasteiger partial charge in [0.15, 0.2) is 0 Å². The van der Waals surface area contributed by atoms with Crippen LogP contribution in [0.5, 0.6) is 0 Å². The van der Waals surface area contributed by atoms with Crippen LogP contribution in [0, 0.1) is 0 Å². The lowest BCUT2D eigenvalue weighted by Crippen LogP contribution is -2.38. The third-order valence-corrected chi connectivity index (χ3v) is 6.10. The first kappa shape index (κ1) is 18.2. The smallest absolute Gasteiger partial charge is 0.261 e. The summed E-state index contributed by atoms with van der Waals surface area (Å²) in [5.74, 6) is -0.150. The molecular formula is C16H24N2O3S2. The molecule has 128 valence electrons. The molecule has 2 rings (SSSR count). The van der Waals surface area contributed by atoms with Crippen LogP contribution >= 0.6 is 11.3 Å². The predicted molar refractivity (Wildman–Crippen MR) is 94.2 cm³/mol. The van der Waals surface area contributed by atoms with E-state index in [9.17, 15) is 13.2 Å². The van der Waals surface area contributed by atoms with Crippen LogP contribution in [0.3, 0.4) is 0 Å². The predicted octanol–water partition coefficient (Wildman–Crippen LogP) is 2.63. The first-order valence-corrected chi connectivity index (χ1v) is 10.6. The van der Waals surface area contributed by atoms with Crippen LogP contribution in [0.1, 0.15) is 41.8 Å². The molecule has 0 unspecified atom stereocenters. The summed E-state index contributed by atoms with van der Waals surface area (Å²) < 4.78 is 25.3. The molecule has 1 heterocycles. The van der Waals surface area contributed by atoms with E-state index in [-0.39, 0.29) is 5.91 Å². The Labute approximate surface area is 142 Å². The molecule has 0 fully saturated rings. The van der Waals surface area contributed by atoms with Crippen molar-refractivity contribution in [3.63, 3.8) is 0 Å². The molecule has 0 aliphatic heterocycles. The van der Waals surface area contributed by atoms with Crippen molar-refractivity contribution in [2.24, 2.45) is 0 Å². The standard InChI is InChI=1S/C16H24N2O3S2/c1-23(20,21)18(11-9-14-6-3-2-4-7-14)12-10-17-16(19)15-8-5-13-22-15/h5-6,8,13H,2-4,7,9-12H2,1H3,(H,17,19). The second kappa shape index (κ2) is 8.61. The van der Waals surface area contributed by atoms with E-state index in [1.54, 1.807) is 6.07 Å². The van der Waals surface area contributed by atoms with Gasteiger partial charge in [0.2, 0.25) is 10.0 Å². The van der Waals surface area contributed by atoms with Gasteiger partial charge in [-0.2, -0.15) is 0 Å². The number of thiophene rings is 1. The molecule has 1 amide bonds. The maximum absolute atomic E-state index is 11.9. The first-order chi connectivity index (χ1) is 11.0. The van der Waals surface area contributed by atoms with E-state index in [4.69, 9.17) is 0 Å². The number of carbonyl (C=O) groups is 1. The minimum Gasteiger partial charge on any atom is -0.350 e. The number of rotatable bonds is 8. The molecule has 1 aromatic heterocycles. The molecule has 1 N–H and O–H groups in total. The third-order valence-electron chi connectivity index (χ3n) is 3.93. The van der Waals surface area contributed by atoms with Crippen LogP contribution < -0.4 is 5.32 Å². The molecule has 7 heteroatoms. The Bertz CT molecular complexity index is 636. The van der Waals surface area contributed by atoms with Crippen LogP contribution in [0.2, 0.25) is 0 Å². The molecule has 0 aromatic carbocycles. The van der Waals surface area contributed by atoms with Crippen molar-refractivity contribution in [3.8, 4) is 0 Å². The van der Waals surface area contributed by atoms with Gasteiger partial charge in [0.1, 0.15) is 0 Å². The van der Waals surface area contributed by atoms with E-state index < -0.39 is 10.0 Å². The summed E-state index contributed by atoms with van der Waals surface area (Å²) in [5.41, 5.74) is 1.35. The van der Waals surface area contributed by atoms with Crippen molar-refractivity contribution in [3.05, 3.63) is 34.0 Å². The molecular weight excluding hydrogens is 332 g/mol. The number of allylic oxidation sites excluding steroid dienone is 1. The van der Waals surface area contributed by atoms with Gasteiger partial charge in [0, 0.05) is 19.6 Å². The summed E-state index contributed by atoms with van der Waals surface area (Å²) in [5, 5.41) is 4.62. The maximum atomic E-state index is 11.9. The second-order valence-corrected chi connectivity index (χ2v) is 8.68. The van der Waals surface area contributed by atoms with Gasteiger partial charge in [-0.15, -0.1) is 11.3 Å². The molecule has 5 nitrogen and oxygen atoms in total. The number of nitrogens with one attached hydrogen (secondary N) is 1. The van der Waals surface area contributed by atoms with E-state index in [2.05, 4.69) is 11.4 Å². The molecule has 0 saturated heterocycles. The molecule has 0 saturated carbocycles. The number of carbonyl (C=O) groups excluding carboxylic acids is 1. The molecule has 0 spiro atoms. The Morgan fingerprint density at radius 2 is 2.17 bits per heavy atom. The normalized spacial score (nSPS) is 15.5. The van der Waals surface area contributed by atoms with Gasteiger partial charge in [-0.3, -0.25) is 4.79 Å². The zero-order valence-electron chi connectivity index (χ0n) is 13.5. The van der Waals surface area contributed by atoms with E-state index in [1.807, 2.05) is 11.4 Å². The highest BCUT2D eigenvalue weighted by Gasteiger charge is 2.17. The van der Waals surface area contributed by atoms with Gasteiger partial charge in [-0.25, -0.2) is 12.7 Å². The molecule has 1 aliphatic carbocycles. The zero-order chi connectivity index (χ0) is 16.7. The first-order valence-electron chi connectivity index (χ1n) is 7.91. The highest BCUT2D eigenvalue weighted by atomic mass is 32.2. The van der Waals surface area contributed by atoms with E-state index in [1.165, 1.54) is 40.3 Å². The number of sulfonamides is 1. The number of amides is 1. The van der Waals surface area contributed by atoms with Crippen LogP contribution in [0.4, 0.5) is 0 Å². The summed E-state index contributed by atoms with van der Waals surface area (Å²) >= 11 is 1.37. The van der Waals surface area contributed by atoms with E-state index in [0.717, 1.165) is 19.3 Å². The fourth-order valence-electron chi connectivity index (χ4n) is 2.63. The molecule has 1 aliphatic rings. The van der Waals surface area contributed by atoms with Gasteiger partial charge < -0.3 is 5.32 Å². The highest BCUT2D eigenvalue weighted by molar-refractivity contribution is 7.88. The van der Waals surface area contributed by atoms with E-state index >= 15 is 0 Å². The summed E-state index contributed by atoms with van der Waals surface area (Å²) in [7, 11) is -3.26. The van der Waals surface area contributed by atoms with Crippen molar-refractivity contribution in [2.75, 3.05) is 25.9 Å². The van der Waals surface area contributed by atoms with Crippen LogP contribution in [0.15, 0.2) is 29.2 Å². The van der Waals surface area contributed by atoms with E-state index in [0.29, 0.717) is 24.5 Å². The zero-order valence-corrected chi connectivity index (χ0v) is 15.1. The molecule has 0 bridgehead atoms. The van der Waals surface area contributed by atoms with Gasteiger partial charge >= 0.3 is 0 Å². The fourth-order valence-corrected chi connectivity index (χ4v) is 4.12. The Hall–Kier alpha value is -1.18. The lowest BCUT2D eigenvalue weighted by molar-refractivity contribution is 0.0955. The quantitative estimate of drug-likeness (QED) is 0.728. The summed E-state index contributed by atoms with van der Waals surface area (Å²) in [6.45, 7) is 1.12. The van der Waals surface area contributed by atoms with Crippen molar-refractivity contribution < 1.29 is 13.2 Å². The van der Waals surface area contributed by atoms with Gasteiger partial charge in [-0.05, 0) is 43.6 Å². The monoisotopic (exact) mass is 356 g/mol. The van der Waals surface area contributed by atoms with Crippen molar-refractivity contribution in [1.82, 2.24) is 9.62 Å². The number of hydrogen-bond donors (Lipinski definition) is 1. The number of hydrogen-bond acceptors (Lipinski definition) is 4. The van der Waals surface area contributed by atoms with Gasteiger partial charge in [0.05, 0.1) is 11.1 Å². The lowest BCUT2D eigenvalue weighted by Gasteiger charge is -2.21. The Morgan fingerprint density at radius 3 is 2.78 bits per heavy atom. The summed E-state index contributed by atoms with van der Waals surface area (Å²) in [4.78, 5) is 12.5. The maximum Gasteiger partial charge on any atom is 0.261 e. The van der Waals surface area contributed by atoms with Crippen LogP contribution in [-0.2, 0) is 10.0 Å². The van der Waals surface area contributed by atoms with Crippen molar-refractivity contribution in [1.29, 1.82) is 0 Å². The lowest BCUT2D eigenvalue weighted by atomic mass is 9.97. The summed E-state index contributed by atoms with van der Waals surface area (Å²) in [6.07, 6.45) is 8.85. The third kappa shape index (κ3) is 6.08.